The Labute approximate surface area is 146 Å². The Kier molecular flexibility index (Phi) is 5.38. The van der Waals surface area contributed by atoms with E-state index in [1.165, 1.54) is 21.6 Å². The molecule has 0 aliphatic rings. The molecule has 0 aliphatic heterocycles. The van der Waals surface area contributed by atoms with Gasteiger partial charge in [-0.3, -0.25) is 0 Å². The van der Waals surface area contributed by atoms with Gasteiger partial charge < -0.3 is 0 Å². The number of benzene rings is 3. The van der Waals surface area contributed by atoms with Crippen LogP contribution in [-0.4, -0.2) is 5.16 Å². The molecule has 0 saturated heterocycles. The third-order valence-corrected chi connectivity index (χ3v) is 4.62. The van der Waals surface area contributed by atoms with Gasteiger partial charge in [0.1, 0.15) is 0 Å². The summed E-state index contributed by atoms with van der Waals surface area (Å²) in [7, 11) is 0. The highest BCUT2D eigenvalue weighted by atomic mass is 32.2. The summed E-state index contributed by atoms with van der Waals surface area (Å²) in [6, 6.07) is 27.2. The van der Waals surface area contributed by atoms with Gasteiger partial charge in [0, 0.05) is 10.6 Å². The van der Waals surface area contributed by atoms with Gasteiger partial charge in [0.2, 0.25) is 0 Å². The van der Waals surface area contributed by atoms with Crippen molar-refractivity contribution in [2.75, 3.05) is 0 Å². The van der Waals surface area contributed by atoms with Crippen LogP contribution in [0.3, 0.4) is 0 Å². The van der Waals surface area contributed by atoms with Crippen molar-refractivity contribution >= 4 is 34.8 Å². The second-order valence-electron chi connectivity index (χ2n) is 5.05. The third-order valence-electron chi connectivity index (χ3n) is 3.46. The number of aliphatic imine (C=N–C) groups is 1. The molecular formula is C20H15NS2. The molecule has 3 aromatic carbocycles. The summed E-state index contributed by atoms with van der Waals surface area (Å²) in [6.45, 7) is 0. The fourth-order valence-electron chi connectivity index (χ4n) is 2.29. The Morgan fingerprint density at radius 3 is 2.30 bits per heavy atom. The van der Waals surface area contributed by atoms with E-state index in [2.05, 4.69) is 77.0 Å². The largest absolute Gasteiger partial charge is 0.195 e. The third kappa shape index (κ3) is 4.40. The van der Waals surface area contributed by atoms with Crippen molar-refractivity contribution in [3.63, 3.8) is 0 Å². The van der Waals surface area contributed by atoms with Gasteiger partial charge in [-0.2, -0.15) is 4.99 Å². The summed E-state index contributed by atoms with van der Waals surface area (Å²) < 4.78 is 0. The number of thioether (sulfide) groups is 1. The van der Waals surface area contributed by atoms with Gasteiger partial charge in [-0.1, -0.05) is 60.7 Å². The Morgan fingerprint density at radius 1 is 0.826 bits per heavy atom. The first kappa shape index (κ1) is 15.7. The van der Waals surface area contributed by atoms with Crippen LogP contribution in [0.5, 0.6) is 0 Å². The summed E-state index contributed by atoms with van der Waals surface area (Å²) >= 11 is 6.44. The summed E-state index contributed by atoms with van der Waals surface area (Å²) in [6.07, 6.45) is 0. The lowest BCUT2D eigenvalue weighted by Gasteiger charge is -2.05. The lowest BCUT2D eigenvalue weighted by Crippen LogP contribution is -1.82. The van der Waals surface area contributed by atoms with Gasteiger partial charge in [0.05, 0.1) is 10.8 Å². The van der Waals surface area contributed by atoms with Gasteiger partial charge in [0.25, 0.3) is 0 Å². The molecule has 1 nitrogen and oxygen atoms in total. The predicted molar refractivity (Wildman–Crippen MR) is 103 cm³/mol. The van der Waals surface area contributed by atoms with Crippen LogP contribution < -0.4 is 0 Å². The topological polar surface area (TPSA) is 12.4 Å². The number of thiocarbonyl (C=S) groups is 1. The SMILES string of the molecule is S=C=Nc1cccc(SCc2ccc(-c3ccccc3)cc2)c1. The molecule has 0 saturated carbocycles. The number of isothiocyanates is 1. The molecule has 112 valence electrons. The quantitative estimate of drug-likeness (QED) is 0.305. The number of rotatable bonds is 5. The van der Waals surface area contributed by atoms with Crippen LogP contribution in [-0.2, 0) is 5.75 Å². The molecule has 0 N–H and O–H groups in total. The summed E-state index contributed by atoms with van der Waals surface area (Å²) in [4.78, 5) is 5.20. The first-order valence-corrected chi connectivity index (χ1v) is 8.69. The van der Waals surface area contributed by atoms with Crippen LogP contribution in [0.15, 0.2) is 88.8 Å². The first-order valence-electron chi connectivity index (χ1n) is 7.30. The van der Waals surface area contributed by atoms with Crippen molar-refractivity contribution in [3.05, 3.63) is 84.4 Å². The van der Waals surface area contributed by atoms with Crippen LogP contribution in [0.4, 0.5) is 5.69 Å². The summed E-state index contributed by atoms with van der Waals surface area (Å²) in [5.41, 5.74) is 4.65. The molecule has 3 rings (SSSR count). The minimum Gasteiger partial charge on any atom is -0.195 e. The number of nitrogens with zero attached hydrogens (tertiary/aromatic N) is 1. The van der Waals surface area contributed by atoms with Gasteiger partial charge in [-0.25, -0.2) is 0 Å². The minimum atomic E-state index is 0.851. The van der Waals surface area contributed by atoms with E-state index in [0.29, 0.717) is 0 Å². The molecule has 0 fully saturated rings. The predicted octanol–water partition coefficient (Wildman–Crippen LogP) is 6.38. The van der Waals surface area contributed by atoms with Crippen molar-refractivity contribution < 1.29 is 0 Å². The van der Waals surface area contributed by atoms with E-state index >= 15 is 0 Å². The molecule has 0 amide bonds. The van der Waals surface area contributed by atoms with E-state index in [9.17, 15) is 0 Å². The van der Waals surface area contributed by atoms with Crippen LogP contribution >= 0.6 is 24.0 Å². The van der Waals surface area contributed by atoms with Crippen molar-refractivity contribution in [3.8, 4) is 11.1 Å². The van der Waals surface area contributed by atoms with Crippen LogP contribution in [0.2, 0.25) is 0 Å². The summed E-state index contributed by atoms with van der Waals surface area (Å²) in [5, 5.41) is 2.41. The molecule has 3 aromatic rings. The van der Waals surface area contributed by atoms with E-state index in [1.807, 2.05) is 24.3 Å². The standard InChI is InChI=1S/C20H15NS2/c22-15-21-19-7-4-8-20(13-19)23-14-16-9-11-18(12-10-16)17-5-2-1-3-6-17/h1-13H,14H2. The maximum atomic E-state index is 4.65. The molecule has 0 atom stereocenters. The smallest absolute Gasteiger partial charge is 0.0750 e. The van der Waals surface area contributed by atoms with E-state index in [0.717, 1.165) is 11.4 Å². The van der Waals surface area contributed by atoms with E-state index < -0.39 is 0 Å². The summed E-state index contributed by atoms with van der Waals surface area (Å²) in [5.74, 6) is 0.930. The molecule has 0 bridgehead atoms. The Balaban J connectivity index is 1.67. The second kappa shape index (κ2) is 7.89. The zero-order valence-corrected chi connectivity index (χ0v) is 14.1. The average Bonchev–Trinajstić information content (AvgIpc) is 2.62. The van der Waals surface area contributed by atoms with Crippen LogP contribution in [0, 0.1) is 0 Å². The highest BCUT2D eigenvalue weighted by molar-refractivity contribution is 7.98. The van der Waals surface area contributed by atoms with Crippen molar-refractivity contribution in [1.82, 2.24) is 0 Å². The van der Waals surface area contributed by atoms with Gasteiger partial charge >= 0.3 is 0 Å². The molecular weight excluding hydrogens is 318 g/mol. The molecule has 0 aliphatic carbocycles. The Bertz CT molecular complexity index is 820. The molecule has 3 heteroatoms. The molecule has 0 aromatic heterocycles. The monoisotopic (exact) mass is 333 g/mol. The fourth-order valence-corrected chi connectivity index (χ4v) is 3.30. The lowest BCUT2D eigenvalue weighted by atomic mass is 10.0. The molecule has 23 heavy (non-hydrogen) atoms. The molecule has 0 heterocycles. The van der Waals surface area contributed by atoms with E-state index in [4.69, 9.17) is 0 Å². The highest BCUT2D eigenvalue weighted by Gasteiger charge is 2.00. The normalized spacial score (nSPS) is 10.1. The number of hydrogen-bond donors (Lipinski definition) is 0. The Hall–Kier alpha value is -2.19. The van der Waals surface area contributed by atoms with Gasteiger partial charge in [-0.05, 0) is 47.1 Å². The van der Waals surface area contributed by atoms with Crippen molar-refractivity contribution in [2.45, 2.75) is 10.6 Å². The molecule has 0 radical (unpaired) electrons. The van der Waals surface area contributed by atoms with Gasteiger partial charge in [-0.15, -0.1) is 11.8 Å². The fraction of sp³-hybridized carbons (Fsp3) is 0.0500. The molecule has 0 spiro atoms. The number of hydrogen-bond acceptors (Lipinski definition) is 3. The molecule has 0 unspecified atom stereocenters. The maximum absolute atomic E-state index is 4.65. The van der Waals surface area contributed by atoms with Crippen LogP contribution in [0.1, 0.15) is 5.56 Å². The zero-order valence-electron chi connectivity index (χ0n) is 12.5. The highest BCUT2D eigenvalue weighted by Crippen LogP contribution is 2.27. The second-order valence-corrected chi connectivity index (χ2v) is 6.28. The minimum absolute atomic E-state index is 0.851. The van der Waals surface area contributed by atoms with E-state index in [1.54, 1.807) is 11.8 Å². The lowest BCUT2D eigenvalue weighted by molar-refractivity contribution is 1.37. The van der Waals surface area contributed by atoms with E-state index in [-0.39, 0.29) is 0 Å². The van der Waals surface area contributed by atoms with Crippen LogP contribution in [0.25, 0.3) is 11.1 Å². The maximum Gasteiger partial charge on any atom is 0.0750 e. The Morgan fingerprint density at radius 2 is 1.57 bits per heavy atom. The van der Waals surface area contributed by atoms with Gasteiger partial charge in [0.15, 0.2) is 0 Å². The van der Waals surface area contributed by atoms with Crippen molar-refractivity contribution in [2.24, 2.45) is 4.99 Å². The average molecular weight is 333 g/mol. The first-order chi connectivity index (χ1) is 11.3. The zero-order chi connectivity index (χ0) is 15.9. The van der Waals surface area contributed by atoms with Crippen molar-refractivity contribution in [1.29, 1.82) is 0 Å².